The molecule has 146 valence electrons. The predicted octanol–water partition coefficient (Wildman–Crippen LogP) is 4.17. The lowest BCUT2D eigenvalue weighted by Crippen LogP contribution is -2.23. The van der Waals surface area contributed by atoms with E-state index < -0.39 is 15.7 Å². The Morgan fingerprint density at radius 1 is 0.966 bits per heavy atom. The van der Waals surface area contributed by atoms with E-state index in [0.717, 1.165) is 6.26 Å². The lowest BCUT2D eigenvalue weighted by atomic mass is 9.97. The summed E-state index contributed by atoms with van der Waals surface area (Å²) in [6.07, 6.45) is 2.70. The fourth-order valence-corrected chi connectivity index (χ4v) is 4.26. The van der Waals surface area contributed by atoms with E-state index in [9.17, 15) is 17.6 Å². The van der Waals surface area contributed by atoms with E-state index in [1.807, 2.05) is 10.8 Å². The zero-order valence-electron chi connectivity index (χ0n) is 15.2. The second-order valence-electron chi connectivity index (χ2n) is 6.44. The van der Waals surface area contributed by atoms with Gasteiger partial charge >= 0.3 is 0 Å². The van der Waals surface area contributed by atoms with Gasteiger partial charge in [-0.05, 0) is 46.8 Å². The molecule has 0 radical (unpaired) electrons. The molecule has 0 N–H and O–H groups in total. The smallest absolute Gasteiger partial charge is 0.267 e. The second-order valence-corrected chi connectivity index (χ2v) is 9.23. The SMILES string of the molecule is CS(=O)(=O)c1ccc(-c2cnn(-c3ccsc3)c(=O)c2-c2ccc(F)cc2)cc1. The molecule has 0 spiro atoms. The lowest BCUT2D eigenvalue weighted by molar-refractivity contribution is 0.602. The molecule has 2 heterocycles. The minimum absolute atomic E-state index is 0.184. The molecule has 0 atom stereocenters. The average molecular weight is 426 g/mol. The molecule has 0 unspecified atom stereocenters. The quantitative estimate of drug-likeness (QED) is 0.491. The lowest BCUT2D eigenvalue weighted by Gasteiger charge is -2.12. The van der Waals surface area contributed by atoms with Crippen molar-refractivity contribution >= 4 is 21.2 Å². The first-order chi connectivity index (χ1) is 13.8. The van der Waals surface area contributed by atoms with Crippen LogP contribution >= 0.6 is 11.3 Å². The Hall–Kier alpha value is -3.10. The summed E-state index contributed by atoms with van der Waals surface area (Å²) in [5.41, 5.74) is 2.37. The Bertz CT molecular complexity index is 1330. The van der Waals surface area contributed by atoms with Crippen molar-refractivity contribution < 1.29 is 12.8 Å². The minimum Gasteiger partial charge on any atom is -0.267 e. The van der Waals surface area contributed by atoms with Crippen LogP contribution in [0.5, 0.6) is 0 Å². The Balaban J connectivity index is 1.95. The fourth-order valence-electron chi connectivity index (χ4n) is 3.01. The first-order valence-electron chi connectivity index (χ1n) is 8.56. The molecule has 0 aliphatic heterocycles. The number of nitrogens with zero attached hydrogens (tertiary/aromatic N) is 2. The average Bonchev–Trinajstić information content (AvgIpc) is 3.22. The highest BCUT2D eigenvalue weighted by atomic mass is 32.2. The van der Waals surface area contributed by atoms with Crippen LogP contribution in [0.25, 0.3) is 27.9 Å². The number of thiophene rings is 1. The summed E-state index contributed by atoms with van der Waals surface area (Å²) in [4.78, 5) is 13.5. The molecule has 0 amide bonds. The maximum atomic E-state index is 13.4. The van der Waals surface area contributed by atoms with Crippen molar-refractivity contribution in [1.29, 1.82) is 0 Å². The van der Waals surface area contributed by atoms with Crippen molar-refractivity contribution in [3.05, 3.63) is 87.7 Å². The summed E-state index contributed by atoms with van der Waals surface area (Å²) in [5.74, 6) is -0.403. The van der Waals surface area contributed by atoms with Gasteiger partial charge in [-0.2, -0.15) is 21.1 Å². The third kappa shape index (κ3) is 3.76. The van der Waals surface area contributed by atoms with E-state index in [1.54, 1.807) is 36.5 Å². The molecule has 5 nitrogen and oxygen atoms in total. The molecule has 2 aromatic carbocycles. The molecule has 2 aromatic heterocycles. The van der Waals surface area contributed by atoms with Gasteiger partial charge in [0.15, 0.2) is 9.84 Å². The number of rotatable bonds is 4. The molecule has 4 rings (SSSR count). The van der Waals surface area contributed by atoms with Crippen molar-refractivity contribution in [3.8, 4) is 27.9 Å². The standard InChI is InChI=1S/C21H15FN2O3S2/c1-29(26,27)18-8-4-14(5-9-18)19-12-23-24(17-10-11-28-13-17)21(25)20(19)15-2-6-16(22)7-3-15/h2-13H,1H3. The summed E-state index contributed by atoms with van der Waals surface area (Å²) in [6, 6.07) is 13.7. The zero-order chi connectivity index (χ0) is 20.6. The summed E-state index contributed by atoms with van der Waals surface area (Å²) >= 11 is 1.45. The maximum absolute atomic E-state index is 13.4. The number of benzene rings is 2. The van der Waals surface area contributed by atoms with Crippen LogP contribution in [0.1, 0.15) is 0 Å². The van der Waals surface area contributed by atoms with Crippen LogP contribution in [0.15, 0.2) is 81.2 Å². The van der Waals surface area contributed by atoms with Crippen molar-refractivity contribution in [2.24, 2.45) is 0 Å². The van der Waals surface area contributed by atoms with Gasteiger partial charge in [-0.3, -0.25) is 4.79 Å². The van der Waals surface area contributed by atoms with E-state index in [0.29, 0.717) is 27.9 Å². The van der Waals surface area contributed by atoms with Crippen LogP contribution in [0.2, 0.25) is 0 Å². The van der Waals surface area contributed by atoms with Crippen LogP contribution < -0.4 is 5.56 Å². The topological polar surface area (TPSA) is 69.0 Å². The minimum atomic E-state index is -3.34. The van der Waals surface area contributed by atoms with E-state index >= 15 is 0 Å². The van der Waals surface area contributed by atoms with Crippen molar-refractivity contribution in [1.82, 2.24) is 9.78 Å². The Morgan fingerprint density at radius 3 is 2.21 bits per heavy atom. The monoisotopic (exact) mass is 426 g/mol. The normalized spacial score (nSPS) is 11.5. The summed E-state index contributed by atoms with van der Waals surface area (Å²) in [5, 5.41) is 7.95. The van der Waals surface area contributed by atoms with Crippen LogP contribution in [-0.4, -0.2) is 24.5 Å². The molecule has 0 saturated carbocycles. The van der Waals surface area contributed by atoms with Gasteiger partial charge < -0.3 is 0 Å². The number of halogens is 1. The van der Waals surface area contributed by atoms with Crippen LogP contribution in [0.3, 0.4) is 0 Å². The third-order valence-corrected chi connectivity index (χ3v) is 6.25. The van der Waals surface area contributed by atoms with Gasteiger partial charge in [0.05, 0.1) is 22.3 Å². The van der Waals surface area contributed by atoms with Gasteiger partial charge in [0.1, 0.15) is 5.82 Å². The highest BCUT2D eigenvalue weighted by molar-refractivity contribution is 7.90. The summed E-state index contributed by atoms with van der Waals surface area (Å²) in [7, 11) is -3.34. The number of hydrogen-bond donors (Lipinski definition) is 0. The van der Waals surface area contributed by atoms with Gasteiger partial charge in [-0.1, -0.05) is 24.3 Å². The molecular formula is C21H15FN2O3S2. The molecule has 4 aromatic rings. The van der Waals surface area contributed by atoms with E-state index in [4.69, 9.17) is 0 Å². The van der Waals surface area contributed by atoms with Gasteiger partial charge in [0, 0.05) is 17.2 Å². The largest absolute Gasteiger partial charge is 0.280 e. The molecule has 29 heavy (non-hydrogen) atoms. The molecule has 0 fully saturated rings. The second kappa shape index (κ2) is 7.38. The molecule has 0 aliphatic carbocycles. The van der Waals surface area contributed by atoms with Gasteiger partial charge in [-0.25, -0.2) is 12.8 Å². The zero-order valence-corrected chi connectivity index (χ0v) is 16.9. The number of sulfone groups is 1. The van der Waals surface area contributed by atoms with Gasteiger partial charge in [-0.15, -0.1) is 0 Å². The first kappa shape index (κ1) is 19.2. The van der Waals surface area contributed by atoms with Crippen LogP contribution in [0.4, 0.5) is 4.39 Å². The third-order valence-electron chi connectivity index (χ3n) is 4.45. The number of aromatic nitrogens is 2. The van der Waals surface area contributed by atoms with E-state index in [1.165, 1.54) is 40.3 Å². The molecule has 0 saturated heterocycles. The number of hydrogen-bond acceptors (Lipinski definition) is 5. The van der Waals surface area contributed by atoms with Crippen molar-refractivity contribution in [2.75, 3.05) is 6.26 Å². The molecular weight excluding hydrogens is 411 g/mol. The highest BCUT2D eigenvalue weighted by Crippen LogP contribution is 2.30. The van der Waals surface area contributed by atoms with Crippen LogP contribution in [0, 0.1) is 5.82 Å². The van der Waals surface area contributed by atoms with Gasteiger partial charge in [0.2, 0.25) is 0 Å². The van der Waals surface area contributed by atoms with Gasteiger partial charge in [0.25, 0.3) is 5.56 Å². The van der Waals surface area contributed by atoms with E-state index in [-0.39, 0.29) is 10.5 Å². The van der Waals surface area contributed by atoms with Crippen LogP contribution in [-0.2, 0) is 9.84 Å². The molecule has 0 aliphatic rings. The summed E-state index contributed by atoms with van der Waals surface area (Å²) in [6.45, 7) is 0. The predicted molar refractivity (Wildman–Crippen MR) is 112 cm³/mol. The maximum Gasteiger partial charge on any atom is 0.280 e. The van der Waals surface area contributed by atoms with Crippen molar-refractivity contribution in [3.63, 3.8) is 0 Å². The molecule has 8 heteroatoms. The Labute approximate surface area is 170 Å². The highest BCUT2D eigenvalue weighted by Gasteiger charge is 2.17. The first-order valence-corrected chi connectivity index (χ1v) is 11.4. The fraction of sp³-hybridized carbons (Fsp3) is 0.0476. The molecule has 0 bridgehead atoms. The Morgan fingerprint density at radius 2 is 1.62 bits per heavy atom. The summed E-state index contributed by atoms with van der Waals surface area (Å²) < 4.78 is 38.2. The Kier molecular flexibility index (Phi) is 4.89. The van der Waals surface area contributed by atoms with E-state index in [2.05, 4.69) is 5.10 Å². The van der Waals surface area contributed by atoms with Crippen molar-refractivity contribution in [2.45, 2.75) is 4.90 Å².